The number of nitrogens with one attached hydrogen (secondary N) is 2. The number of hydrogen-bond donors (Lipinski definition) is 2. The summed E-state index contributed by atoms with van der Waals surface area (Å²) in [7, 11) is 0. The SMILES string of the molecule is O=C(CNC(=O)c1ccccc1)Nc1ccc(-c2nc3ccccc3s2)cc1. The van der Waals surface area contributed by atoms with Gasteiger partial charge in [-0.25, -0.2) is 4.98 Å². The maximum absolute atomic E-state index is 12.1. The molecule has 1 heterocycles. The van der Waals surface area contributed by atoms with E-state index in [0.717, 1.165) is 20.8 Å². The molecule has 1 aromatic heterocycles. The van der Waals surface area contributed by atoms with Crippen molar-refractivity contribution in [1.82, 2.24) is 10.3 Å². The molecule has 0 aliphatic rings. The second kappa shape index (κ2) is 8.02. The molecular weight excluding hydrogens is 370 g/mol. The number of amides is 2. The standard InChI is InChI=1S/C22H17N3O2S/c26-20(14-23-21(27)15-6-2-1-3-7-15)24-17-12-10-16(11-13-17)22-25-18-8-4-5-9-19(18)28-22/h1-13H,14H2,(H,23,27)(H,24,26). The zero-order valence-electron chi connectivity index (χ0n) is 14.9. The summed E-state index contributed by atoms with van der Waals surface area (Å²) >= 11 is 1.63. The predicted octanol–water partition coefficient (Wildman–Crippen LogP) is 4.33. The highest BCUT2D eigenvalue weighted by molar-refractivity contribution is 7.21. The van der Waals surface area contributed by atoms with Gasteiger partial charge in [-0.3, -0.25) is 9.59 Å². The van der Waals surface area contributed by atoms with Gasteiger partial charge in [-0.15, -0.1) is 11.3 Å². The van der Waals surface area contributed by atoms with Crippen molar-refractivity contribution in [3.8, 4) is 10.6 Å². The first-order valence-corrected chi connectivity index (χ1v) is 9.60. The lowest BCUT2D eigenvalue weighted by molar-refractivity contribution is -0.115. The molecule has 4 rings (SSSR count). The molecule has 138 valence electrons. The van der Waals surface area contributed by atoms with Crippen LogP contribution in [0, 0.1) is 0 Å². The summed E-state index contributed by atoms with van der Waals surface area (Å²) in [6, 6.07) is 24.3. The summed E-state index contributed by atoms with van der Waals surface area (Å²) in [5, 5.41) is 6.33. The molecule has 28 heavy (non-hydrogen) atoms. The van der Waals surface area contributed by atoms with Crippen molar-refractivity contribution < 1.29 is 9.59 Å². The molecule has 0 aliphatic heterocycles. The van der Waals surface area contributed by atoms with E-state index in [1.54, 1.807) is 35.6 Å². The molecule has 0 saturated carbocycles. The minimum Gasteiger partial charge on any atom is -0.343 e. The summed E-state index contributed by atoms with van der Waals surface area (Å²) in [4.78, 5) is 28.7. The van der Waals surface area contributed by atoms with E-state index in [9.17, 15) is 9.59 Å². The van der Waals surface area contributed by atoms with Crippen molar-refractivity contribution in [2.75, 3.05) is 11.9 Å². The van der Waals surface area contributed by atoms with Crippen LogP contribution in [0.3, 0.4) is 0 Å². The second-order valence-electron chi connectivity index (χ2n) is 6.16. The van der Waals surface area contributed by atoms with Gasteiger partial charge >= 0.3 is 0 Å². The van der Waals surface area contributed by atoms with Crippen molar-refractivity contribution in [3.63, 3.8) is 0 Å². The van der Waals surface area contributed by atoms with Crippen LogP contribution >= 0.6 is 11.3 Å². The zero-order valence-corrected chi connectivity index (χ0v) is 15.7. The minimum absolute atomic E-state index is 0.0899. The van der Waals surface area contributed by atoms with Crippen LogP contribution in [0.2, 0.25) is 0 Å². The van der Waals surface area contributed by atoms with Crippen LogP contribution in [-0.2, 0) is 4.79 Å². The van der Waals surface area contributed by atoms with Gasteiger partial charge in [0, 0.05) is 16.8 Å². The molecule has 0 radical (unpaired) electrons. The number of anilines is 1. The van der Waals surface area contributed by atoms with E-state index >= 15 is 0 Å². The van der Waals surface area contributed by atoms with Crippen molar-refractivity contribution in [2.24, 2.45) is 0 Å². The van der Waals surface area contributed by atoms with Crippen LogP contribution in [0.4, 0.5) is 5.69 Å². The molecule has 4 aromatic rings. The van der Waals surface area contributed by atoms with Crippen LogP contribution in [0.15, 0.2) is 78.9 Å². The first kappa shape index (κ1) is 17.9. The fourth-order valence-corrected chi connectivity index (χ4v) is 3.72. The number of para-hydroxylation sites is 1. The molecule has 2 amide bonds. The maximum atomic E-state index is 12.1. The van der Waals surface area contributed by atoms with Gasteiger partial charge in [-0.05, 0) is 48.5 Å². The van der Waals surface area contributed by atoms with Crippen LogP contribution < -0.4 is 10.6 Å². The first-order chi connectivity index (χ1) is 13.7. The van der Waals surface area contributed by atoms with E-state index in [-0.39, 0.29) is 18.4 Å². The molecule has 0 saturated heterocycles. The summed E-state index contributed by atoms with van der Waals surface area (Å²) in [6.45, 7) is -0.0899. The Morgan fingerprint density at radius 1 is 0.857 bits per heavy atom. The highest BCUT2D eigenvalue weighted by Gasteiger charge is 2.09. The predicted molar refractivity (Wildman–Crippen MR) is 112 cm³/mol. The van der Waals surface area contributed by atoms with E-state index < -0.39 is 0 Å². The van der Waals surface area contributed by atoms with Crippen molar-refractivity contribution in [2.45, 2.75) is 0 Å². The summed E-state index contributed by atoms with van der Waals surface area (Å²) in [5.41, 5.74) is 3.17. The van der Waals surface area contributed by atoms with Crippen LogP contribution in [0.25, 0.3) is 20.8 Å². The third kappa shape index (κ3) is 4.07. The van der Waals surface area contributed by atoms with Gasteiger partial charge in [0.1, 0.15) is 5.01 Å². The highest BCUT2D eigenvalue weighted by Crippen LogP contribution is 2.30. The van der Waals surface area contributed by atoms with Gasteiger partial charge in [0.15, 0.2) is 0 Å². The number of aromatic nitrogens is 1. The fourth-order valence-electron chi connectivity index (χ4n) is 2.75. The monoisotopic (exact) mass is 387 g/mol. The molecule has 3 aromatic carbocycles. The summed E-state index contributed by atoms with van der Waals surface area (Å²) in [6.07, 6.45) is 0. The van der Waals surface area contributed by atoms with E-state index in [2.05, 4.69) is 21.7 Å². The lowest BCUT2D eigenvalue weighted by Crippen LogP contribution is -2.32. The third-order valence-corrected chi connectivity index (χ3v) is 5.24. The molecular formula is C22H17N3O2S. The molecule has 0 unspecified atom stereocenters. The summed E-state index contributed by atoms with van der Waals surface area (Å²) < 4.78 is 1.14. The summed E-state index contributed by atoms with van der Waals surface area (Å²) in [5.74, 6) is -0.557. The number of benzene rings is 3. The Kier molecular flexibility index (Phi) is 5.12. The molecule has 0 spiro atoms. The van der Waals surface area contributed by atoms with Gasteiger partial charge in [0.25, 0.3) is 5.91 Å². The lowest BCUT2D eigenvalue weighted by Gasteiger charge is -2.07. The average Bonchev–Trinajstić information content (AvgIpc) is 3.17. The van der Waals surface area contributed by atoms with Gasteiger partial charge in [-0.2, -0.15) is 0 Å². The molecule has 0 atom stereocenters. The van der Waals surface area contributed by atoms with Gasteiger partial charge < -0.3 is 10.6 Å². The van der Waals surface area contributed by atoms with E-state index in [4.69, 9.17) is 0 Å². The Balaban J connectivity index is 1.36. The Labute approximate surface area is 166 Å². The Bertz CT molecular complexity index is 1090. The number of carbonyl (C=O) groups excluding carboxylic acids is 2. The number of fused-ring (bicyclic) bond motifs is 1. The van der Waals surface area contributed by atoms with Crippen molar-refractivity contribution >= 4 is 39.1 Å². The number of hydrogen-bond acceptors (Lipinski definition) is 4. The Hall–Kier alpha value is -3.51. The van der Waals surface area contributed by atoms with Crippen LogP contribution in [0.1, 0.15) is 10.4 Å². The number of nitrogens with zero attached hydrogens (tertiary/aromatic N) is 1. The Morgan fingerprint density at radius 3 is 2.32 bits per heavy atom. The molecule has 6 heteroatoms. The van der Waals surface area contributed by atoms with Gasteiger partial charge in [0.2, 0.25) is 5.91 Å². The van der Waals surface area contributed by atoms with Crippen LogP contribution in [0.5, 0.6) is 0 Å². The first-order valence-electron chi connectivity index (χ1n) is 8.78. The van der Waals surface area contributed by atoms with Crippen molar-refractivity contribution in [1.29, 1.82) is 0 Å². The quantitative estimate of drug-likeness (QED) is 0.535. The third-order valence-electron chi connectivity index (χ3n) is 4.15. The van der Waals surface area contributed by atoms with Crippen LogP contribution in [-0.4, -0.2) is 23.3 Å². The zero-order chi connectivity index (χ0) is 19.3. The fraction of sp³-hybridized carbons (Fsp3) is 0.0455. The molecule has 5 nitrogen and oxygen atoms in total. The second-order valence-corrected chi connectivity index (χ2v) is 7.19. The largest absolute Gasteiger partial charge is 0.343 e. The number of carbonyl (C=O) groups is 2. The lowest BCUT2D eigenvalue weighted by atomic mass is 10.2. The molecule has 2 N–H and O–H groups in total. The number of rotatable bonds is 5. The molecule has 0 bridgehead atoms. The number of thiazole rings is 1. The average molecular weight is 387 g/mol. The van der Waals surface area contributed by atoms with Crippen molar-refractivity contribution in [3.05, 3.63) is 84.4 Å². The Morgan fingerprint density at radius 2 is 1.57 bits per heavy atom. The van der Waals surface area contributed by atoms with E-state index in [0.29, 0.717) is 11.3 Å². The molecule has 0 aliphatic carbocycles. The maximum Gasteiger partial charge on any atom is 0.251 e. The minimum atomic E-state index is -0.281. The normalized spacial score (nSPS) is 10.6. The van der Waals surface area contributed by atoms with E-state index in [1.807, 2.05) is 48.5 Å². The van der Waals surface area contributed by atoms with Gasteiger partial charge in [-0.1, -0.05) is 30.3 Å². The van der Waals surface area contributed by atoms with Gasteiger partial charge in [0.05, 0.1) is 16.8 Å². The van der Waals surface area contributed by atoms with E-state index in [1.165, 1.54) is 0 Å². The topological polar surface area (TPSA) is 71.1 Å². The highest BCUT2D eigenvalue weighted by atomic mass is 32.1. The smallest absolute Gasteiger partial charge is 0.251 e. The molecule has 0 fully saturated rings.